The van der Waals surface area contributed by atoms with Crippen molar-refractivity contribution >= 4 is 52.1 Å². The minimum absolute atomic E-state index is 0.00199. The molecule has 0 fully saturated rings. The largest absolute Gasteiger partial charge is 0.398 e. The highest BCUT2D eigenvalue weighted by molar-refractivity contribution is 6.40. The smallest absolute Gasteiger partial charge is 0.224 e. The molecule has 0 saturated carbocycles. The molecule has 2 rings (SSSR count). The van der Waals surface area contributed by atoms with Crippen LogP contribution < -0.4 is 11.1 Å². The van der Waals surface area contributed by atoms with Gasteiger partial charge in [-0.1, -0.05) is 70.7 Å². The van der Waals surface area contributed by atoms with Gasteiger partial charge >= 0.3 is 0 Å². The van der Waals surface area contributed by atoms with Crippen molar-refractivity contribution in [2.24, 2.45) is 0 Å². The molecule has 0 unspecified atom stereocenters. The Morgan fingerprint density at radius 2 is 1.26 bits per heavy atom. The average Bonchev–Trinajstić information content (AvgIpc) is 2.84. The Morgan fingerprint density at radius 1 is 0.765 bits per heavy atom. The van der Waals surface area contributed by atoms with Crippen LogP contribution in [0.1, 0.15) is 92.9 Å². The first-order valence-electron chi connectivity index (χ1n) is 11.8. The lowest BCUT2D eigenvalue weighted by molar-refractivity contribution is -0.116. The molecule has 0 bridgehead atoms. The number of ketones is 2. The molecule has 2 aromatic rings. The van der Waals surface area contributed by atoms with E-state index in [1.54, 1.807) is 24.3 Å². The second-order valence-electron chi connectivity index (χ2n) is 7.50. The fourth-order valence-corrected chi connectivity index (χ4v) is 3.07. The van der Waals surface area contributed by atoms with Gasteiger partial charge in [0.15, 0.2) is 11.6 Å². The molecule has 34 heavy (non-hydrogen) atoms. The number of halogens is 2. The zero-order valence-electron chi connectivity index (χ0n) is 20.5. The summed E-state index contributed by atoms with van der Waals surface area (Å²) in [5, 5.41) is 3.05. The number of carbonyl (C=O) groups excluding carboxylic acids is 3. The van der Waals surface area contributed by atoms with E-state index < -0.39 is 0 Å². The second-order valence-corrected chi connectivity index (χ2v) is 8.31. The van der Waals surface area contributed by atoms with Gasteiger partial charge in [-0.05, 0) is 30.7 Å². The van der Waals surface area contributed by atoms with E-state index in [2.05, 4.69) is 12.2 Å². The maximum Gasteiger partial charge on any atom is 0.224 e. The van der Waals surface area contributed by atoms with Crippen molar-refractivity contribution in [1.82, 2.24) is 0 Å². The number of anilines is 2. The number of nitrogens with one attached hydrogen (secondary N) is 1. The van der Waals surface area contributed by atoms with E-state index >= 15 is 0 Å². The van der Waals surface area contributed by atoms with Crippen LogP contribution in [0.2, 0.25) is 0 Å². The summed E-state index contributed by atoms with van der Waals surface area (Å²) in [5.74, 6) is 0.157. The normalized spacial score (nSPS) is 9.68. The lowest BCUT2D eigenvalue weighted by Gasteiger charge is -2.09. The zero-order valence-corrected chi connectivity index (χ0v) is 22.1. The van der Waals surface area contributed by atoms with Gasteiger partial charge in [-0.25, -0.2) is 0 Å². The van der Waals surface area contributed by atoms with Gasteiger partial charge in [0.05, 0.1) is 11.0 Å². The fraction of sp³-hybridized carbons (Fsp3) is 0.444. The molecule has 0 aliphatic carbocycles. The number of para-hydroxylation sites is 2. The number of alkyl halides is 2. The molecule has 0 spiro atoms. The number of carbonyl (C=O) groups is 3. The molecule has 0 aromatic heterocycles. The van der Waals surface area contributed by atoms with E-state index in [1.807, 2.05) is 38.1 Å². The van der Waals surface area contributed by atoms with Crippen molar-refractivity contribution < 1.29 is 14.4 Å². The van der Waals surface area contributed by atoms with E-state index in [1.165, 1.54) is 19.3 Å². The summed E-state index contributed by atoms with van der Waals surface area (Å²) >= 11 is 9.53. The van der Waals surface area contributed by atoms with Crippen LogP contribution in [0, 0.1) is 0 Å². The van der Waals surface area contributed by atoms with Gasteiger partial charge in [0.2, 0.25) is 5.91 Å². The zero-order chi connectivity index (χ0) is 25.8. The maximum absolute atomic E-state index is 11.9. The van der Waals surface area contributed by atoms with Gasteiger partial charge in [-0.3, -0.25) is 14.4 Å². The monoisotopic (exact) mass is 508 g/mol. The number of nitrogen functional groups attached to an aromatic ring is 1. The number of benzene rings is 2. The second kappa shape index (κ2) is 20.0. The van der Waals surface area contributed by atoms with Gasteiger partial charge in [-0.15, -0.1) is 23.2 Å². The van der Waals surface area contributed by atoms with Gasteiger partial charge in [0.1, 0.15) is 0 Å². The van der Waals surface area contributed by atoms with Crippen LogP contribution in [-0.2, 0) is 4.79 Å². The van der Waals surface area contributed by atoms with Crippen molar-refractivity contribution in [2.45, 2.75) is 72.1 Å². The first-order valence-corrected chi connectivity index (χ1v) is 12.8. The highest BCUT2D eigenvalue weighted by atomic mass is 35.5. The number of hydrogen-bond acceptors (Lipinski definition) is 4. The quantitative estimate of drug-likeness (QED) is 0.140. The Kier molecular flexibility index (Phi) is 18.6. The molecule has 0 atom stereocenters. The number of amides is 1. The van der Waals surface area contributed by atoms with E-state index in [0.717, 1.165) is 12.8 Å². The van der Waals surface area contributed by atoms with Gasteiger partial charge in [0.25, 0.3) is 0 Å². The molecule has 7 heteroatoms. The molecule has 2 aromatic carbocycles. The van der Waals surface area contributed by atoms with Crippen LogP contribution in [0.15, 0.2) is 48.5 Å². The number of nitrogens with two attached hydrogens (primary N) is 1. The Balaban J connectivity index is 0.000000651. The summed E-state index contributed by atoms with van der Waals surface area (Å²) in [7, 11) is 0. The Morgan fingerprint density at radius 3 is 1.82 bits per heavy atom. The molecule has 1 amide bonds. The number of rotatable bonds is 11. The third-order valence-corrected chi connectivity index (χ3v) is 4.91. The summed E-state index contributed by atoms with van der Waals surface area (Å²) < 4.78 is 0. The van der Waals surface area contributed by atoms with E-state index in [-0.39, 0.29) is 22.8 Å². The first-order chi connectivity index (χ1) is 16.4. The van der Waals surface area contributed by atoms with Crippen LogP contribution in [-0.4, -0.2) is 22.8 Å². The number of Topliss-reactive ketones (excluding diaryl/α,β-unsaturated/α-hetero) is 2. The van der Waals surface area contributed by atoms with Crippen LogP contribution in [0.5, 0.6) is 0 Å². The van der Waals surface area contributed by atoms with Crippen molar-refractivity contribution in [1.29, 1.82) is 0 Å². The standard InChI is InChI=1S/C17H25NO2.C9H11NO.CH2Cl2/c1-3-5-6-7-8-13-17(20)18-15-12-10-9-11-14(15)16(19)4-2;1-2-9(11)7-5-3-4-6-8(7)10;2-1-3/h9-12H,3-8,13H2,1-2H3,(H,18,20);3-6H,2,10H2,1H3;1H2. The fourth-order valence-electron chi connectivity index (χ4n) is 3.07. The number of unbranched alkanes of at least 4 members (excludes halogenated alkanes) is 4. The first kappa shape index (κ1) is 31.6. The van der Waals surface area contributed by atoms with Crippen LogP contribution in [0.4, 0.5) is 11.4 Å². The summed E-state index contributed by atoms with van der Waals surface area (Å²) in [6.07, 6.45) is 7.12. The molecule has 188 valence electrons. The summed E-state index contributed by atoms with van der Waals surface area (Å²) in [6.45, 7) is 5.83. The van der Waals surface area contributed by atoms with Crippen molar-refractivity contribution in [3.8, 4) is 0 Å². The van der Waals surface area contributed by atoms with E-state index in [4.69, 9.17) is 28.9 Å². The Hall–Kier alpha value is -2.37. The third kappa shape index (κ3) is 13.4. The summed E-state index contributed by atoms with van der Waals surface area (Å²) in [6, 6.07) is 14.3. The summed E-state index contributed by atoms with van der Waals surface area (Å²) in [4.78, 5) is 34.8. The van der Waals surface area contributed by atoms with Crippen LogP contribution in [0.25, 0.3) is 0 Å². The minimum Gasteiger partial charge on any atom is -0.398 e. The lowest BCUT2D eigenvalue weighted by Crippen LogP contribution is -2.14. The van der Waals surface area contributed by atoms with Gasteiger partial charge < -0.3 is 11.1 Å². The molecule has 0 radical (unpaired) electrons. The van der Waals surface area contributed by atoms with Crippen LogP contribution >= 0.6 is 23.2 Å². The van der Waals surface area contributed by atoms with E-state index in [0.29, 0.717) is 41.8 Å². The van der Waals surface area contributed by atoms with Crippen molar-refractivity contribution in [3.63, 3.8) is 0 Å². The van der Waals surface area contributed by atoms with Crippen LogP contribution in [0.3, 0.4) is 0 Å². The van der Waals surface area contributed by atoms with Gasteiger partial charge in [-0.2, -0.15) is 0 Å². The highest BCUT2D eigenvalue weighted by Crippen LogP contribution is 2.18. The average molecular weight is 510 g/mol. The highest BCUT2D eigenvalue weighted by Gasteiger charge is 2.11. The molecular weight excluding hydrogens is 471 g/mol. The molecule has 5 nitrogen and oxygen atoms in total. The van der Waals surface area contributed by atoms with Crippen molar-refractivity contribution in [2.75, 3.05) is 16.4 Å². The Bertz CT molecular complexity index is 872. The lowest BCUT2D eigenvalue weighted by atomic mass is 10.1. The molecule has 0 aliphatic heterocycles. The maximum atomic E-state index is 11.9. The Labute approximate surface area is 214 Å². The topological polar surface area (TPSA) is 89.3 Å². The summed E-state index contributed by atoms with van der Waals surface area (Å²) in [5.41, 5.74) is 8.02. The van der Waals surface area contributed by atoms with Crippen molar-refractivity contribution in [3.05, 3.63) is 59.7 Å². The molecular formula is C27H38Cl2N2O3. The molecule has 0 aliphatic rings. The molecule has 0 heterocycles. The van der Waals surface area contributed by atoms with Gasteiger partial charge in [0, 0.05) is 36.1 Å². The van der Waals surface area contributed by atoms with E-state index in [9.17, 15) is 14.4 Å². The molecule has 3 N–H and O–H groups in total. The molecule has 0 saturated heterocycles. The SMILES string of the molecule is CCC(=O)c1ccccc1N.CCCCCCCC(=O)Nc1ccccc1C(=O)CC.ClCCl. The third-order valence-electron chi connectivity index (χ3n) is 4.91. The predicted molar refractivity (Wildman–Crippen MR) is 145 cm³/mol. The minimum atomic E-state index is -0.00199. The predicted octanol–water partition coefficient (Wildman–Crippen LogP) is 7.86. The number of hydrogen-bond donors (Lipinski definition) is 2.